The number of hydrogen-bond donors (Lipinski definition) is 8. The minimum absolute atomic E-state index is 0.0413. The van der Waals surface area contributed by atoms with Gasteiger partial charge in [-0.25, -0.2) is 14.8 Å². The molecule has 0 bridgehead atoms. The number of carbonyl (C=O) groups excluding carboxylic acids is 3. The highest BCUT2D eigenvalue weighted by Crippen LogP contribution is 2.05. The largest absolute Gasteiger partial charge is 0.480 e. The Hall–Kier alpha value is -3.43. The van der Waals surface area contributed by atoms with Gasteiger partial charge in [0.05, 0.1) is 25.3 Å². The summed E-state index contributed by atoms with van der Waals surface area (Å²) in [5.74, 6) is -2.83. The molecule has 4 atom stereocenters. The summed E-state index contributed by atoms with van der Waals surface area (Å²) in [6, 6.07) is -4.72. The molecule has 0 saturated heterocycles. The number of aromatic amines is 2. The molecule has 0 aliphatic rings. The van der Waals surface area contributed by atoms with Crippen LogP contribution in [0.15, 0.2) is 25.0 Å². The van der Waals surface area contributed by atoms with Crippen LogP contribution in [0.4, 0.5) is 0 Å². The lowest BCUT2D eigenvalue weighted by atomic mass is 10.1. The zero-order valence-electron chi connectivity index (χ0n) is 19.1. The van der Waals surface area contributed by atoms with E-state index in [1.165, 1.54) is 36.8 Å². The SMILES string of the molecule is CSCCC(N)C(=O)NC(Cc1cnc[nH]1)C(=O)NC(Cc1cnc[nH]1)C(=O)NC(CO)C(=O)O. The van der Waals surface area contributed by atoms with E-state index in [1.54, 1.807) is 0 Å². The molecule has 0 fully saturated rings. The normalized spacial score (nSPS) is 14.4. The Morgan fingerprint density at radius 2 is 1.43 bits per heavy atom. The summed E-state index contributed by atoms with van der Waals surface area (Å²) >= 11 is 1.53. The molecule has 14 nitrogen and oxygen atoms in total. The smallest absolute Gasteiger partial charge is 0.328 e. The van der Waals surface area contributed by atoms with Crippen LogP contribution in [0.1, 0.15) is 17.8 Å². The number of carboxylic acids is 1. The first-order valence-corrected chi connectivity index (χ1v) is 12.1. The van der Waals surface area contributed by atoms with Crippen LogP contribution in [0.5, 0.6) is 0 Å². The van der Waals surface area contributed by atoms with Crippen LogP contribution < -0.4 is 21.7 Å². The van der Waals surface area contributed by atoms with E-state index in [0.29, 0.717) is 23.6 Å². The number of nitrogens with two attached hydrogens (primary N) is 1. The van der Waals surface area contributed by atoms with Crippen LogP contribution in [-0.4, -0.2) is 96.6 Å². The van der Waals surface area contributed by atoms with Gasteiger partial charge in [-0.15, -0.1) is 0 Å². The number of carboxylic acid groups (broad SMARTS) is 1. The van der Waals surface area contributed by atoms with Gasteiger partial charge in [0.15, 0.2) is 0 Å². The zero-order valence-corrected chi connectivity index (χ0v) is 19.9. The van der Waals surface area contributed by atoms with E-state index < -0.39 is 54.5 Å². The van der Waals surface area contributed by atoms with Crippen molar-refractivity contribution in [2.45, 2.75) is 43.4 Å². The lowest BCUT2D eigenvalue weighted by Crippen LogP contribution is -2.58. The molecular formula is C20H30N8O6S. The van der Waals surface area contributed by atoms with Gasteiger partial charge in [0.1, 0.15) is 18.1 Å². The molecule has 0 aliphatic carbocycles. The molecule has 0 radical (unpaired) electrons. The number of H-pyrrole nitrogens is 2. The van der Waals surface area contributed by atoms with Crippen LogP contribution in [0.25, 0.3) is 0 Å². The first-order valence-electron chi connectivity index (χ1n) is 10.7. The molecule has 192 valence electrons. The number of amides is 3. The summed E-state index contributed by atoms with van der Waals surface area (Å²) in [7, 11) is 0. The number of imidazole rings is 2. The van der Waals surface area contributed by atoms with Crippen molar-refractivity contribution in [1.82, 2.24) is 35.9 Å². The molecule has 0 aromatic carbocycles. The second kappa shape index (κ2) is 14.1. The van der Waals surface area contributed by atoms with Crippen molar-refractivity contribution in [1.29, 1.82) is 0 Å². The first kappa shape index (κ1) is 27.8. The number of nitrogens with one attached hydrogen (secondary N) is 5. The number of rotatable bonds is 15. The Bertz CT molecular complexity index is 955. The molecule has 15 heteroatoms. The lowest BCUT2D eigenvalue weighted by molar-refractivity contribution is -0.143. The zero-order chi connectivity index (χ0) is 25.8. The highest BCUT2D eigenvalue weighted by Gasteiger charge is 2.31. The van der Waals surface area contributed by atoms with Gasteiger partial charge in [-0.3, -0.25) is 14.4 Å². The van der Waals surface area contributed by atoms with Crippen LogP contribution >= 0.6 is 11.8 Å². The topological polar surface area (TPSA) is 228 Å². The van der Waals surface area contributed by atoms with E-state index in [-0.39, 0.29) is 12.8 Å². The van der Waals surface area contributed by atoms with Crippen molar-refractivity contribution in [3.05, 3.63) is 36.4 Å². The summed E-state index contributed by atoms with van der Waals surface area (Å²) in [5.41, 5.74) is 6.99. The average molecular weight is 511 g/mol. The molecule has 2 aromatic heterocycles. The maximum absolute atomic E-state index is 13.2. The lowest BCUT2D eigenvalue weighted by Gasteiger charge is -2.24. The molecule has 4 unspecified atom stereocenters. The molecule has 0 saturated carbocycles. The predicted molar refractivity (Wildman–Crippen MR) is 126 cm³/mol. The number of aliphatic hydroxyl groups is 1. The molecule has 2 rings (SSSR count). The van der Waals surface area contributed by atoms with Crippen molar-refractivity contribution in [3.63, 3.8) is 0 Å². The van der Waals surface area contributed by atoms with Crippen molar-refractivity contribution < 1.29 is 29.4 Å². The third kappa shape index (κ3) is 9.03. The Morgan fingerprint density at radius 3 is 1.83 bits per heavy atom. The highest BCUT2D eigenvalue weighted by atomic mass is 32.2. The Kier molecular flexibility index (Phi) is 11.2. The maximum Gasteiger partial charge on any atom is 0.328 e. The number of carbonyl (C=O) groups is 4. The number of thioether (sulfide) groups is 1. The van der Waals surface area contributed by atoms with Crippen LogP contribution in [0.3, 0.4) is 0 Å². The number of aromatic nitrogens is 4. The maximum atomic E-state index is 13.2. The van der Waals surface area contributed by atoms with Crippen LogP contribution in [0.2, 0.25) is 0 Å². The van der Waals surface area contributed by atoms with Gasteiger partial charge in [0, 0.05) is 36.6 Å². The van der Waals surface area contributed by atoms with Gasteiger partial charge >= 0.3 is 5.97 Å². The minimum atomic E-state index is -1.56. The summed E-state index contributed by atoms with van der Waals surface area (Å²) in [6.45, 7) is -0.835. The second-order valence-corrected chi connectivity index (χ2v) is 8.64. The van der Waals surface area contributed by atoms with Crippen LogP contribution in [0, 0.1) is 0 Å². The van der Waals surface area contributed by atoms with Gasteiger partial charge in [-0.2, -0.15) is 11.8 Å². The van der Waals surface area contributed by atoms with Crippen LogP contribution in [-0.2, 0) is 32.0 Å². The highest BCUT2D eigenvalue weighted by molar-refractivity contribution is 7.98. The van der Waals surface area contributed by atoms with Crippen molar-refractivity contribution in [2.75, 3.05) is 18.6 Å². The Morgan fingerprint density at radius 1 is 0.943 bits per heavy atom. The molecule has 9 N–H and O–H groups in total. The van der Waals surface area contributed by atoms with E-state index in [1.807, 2.05) is 6.26 Å². The van der Waals surface area contributed by atoms with Gasteiger partial charge in [-0.1, -0.05) is 0 Å². The Labute approximate surface area is 205 Å². The molecule has 0 aliphatic heterocycles. The summed E-state index contributed by atoms with van der Waals surface area (Å²) in [5, 5.41) is 25.7. The number of nitrogens with zero attached hydrogens (tertiary/aromatic N) is 2. The number of aliphatic carboxylic acids is 1. The standard InChI is InChI=1S/C20H30N8O6S/c1-35-3-2-13(21)17(30)26-14(4-11-6-22-9-24-11)18(31)27-15(5-12-7-23-10-25-12)19(32)28-16(8-29)20(33)34/h6-7,9-10,13-16,29H,2-5,8,21H2,1H3,(H,22,24)(H,23,25)(H,26,30)(H,27,31)(H,28,32)(H,33,34). The predicted octanol–water partition coefficient (Wildman–Crippen LogP) is -2.47. The van der Waals surface area contributed by atoms with Crippen molar-refractivity contribution in [3.8, 4) is 0 Å². The summed E-state index contributed by atoms with van der Waals surface area (Å²) in [6.07, 6.45) is 8.04. The molecular weight excluding hydrogens is 480 g/mol. The third-order valence-electron chi connectivity index (χ3n) is 4.99. The summed E-state index contributed by atoms with van der Waals surface area (Å²) in [4.78, 5) is 63.3. The quantitative estimate of drug-likeness (QED) is 0.126. The second-order valence-electron chi connectivity index (χ2n) is 7.65. The summed E-state index contributed by atoms with van der Waals surface area (Å²) < 4.78 is 0. The molecule has 3 amide bonds. The van der Waals surface area contributed by atoms with E-state index in [9.17, 15) is 24.3 Å². The van der Waals surface area contributed by atoms with Gasteiger partial charge < -0.3 is 41.9 Å². The minimum Gasteiger partial charge on any atom is -0.480 e. The monoisotopic (exact) mass is 510 g/mol. The fourth-order valence-electron chi connectivity index (χ4n) is 3.04. The molecule has 0 spiro atoms. The number of aliphatic hydroxyl groups excluding tert-OH is 1. The van der Waals surface area contributed by atoms with E-state index in [0.717, 1.165) is 0 Å². The molecule has 2 heterocycles. The fraction of sp³-hybridized carbons (Fsp3) is 0.500. The van der Waals surface area contributed by atoms with Gasteiger partial charge in [-0.05, 0) is 18.4 Å². The molecule has 35 heavy (non-hydrogen) atoms. The van der Waals surface area contributed by atoms with Crippen molar-refractivity contribution in [2.24, 2.45) is 5.73 Å². The van der Waals surface area contributed by atoms with Gasteiger partial charge in [0.2, 0.25) is 17.7 Å². The Balaban J connectivity index is 2.19. The molecule has 2 aromatic rings. The van der Waals surface area contributed by atoms with Gasteiger partial charge in [0.25, 0.3) is 0 Å². The fourth-order valence-corrected chi connectivity index (χ4v) is 3.53. The number of hydrogen-bond acceptors (Lipinski definition) is 9. The van der Waals surface area contributed by atoms with E-state index in [2.05, 4.69) is 35.9 Å². The van der Waals surface area contributed by atoms with Crippen molar-refractivity contribution >= 4 is 35.5 Å². The third-order valence-corrected chi connectivity index (χ3v) is 5.63. The average Bonchev–Trinajstić information content (AvgIpc) is 3.53. The van der Waals surface area contributed by atoms with E-state index >= 15 is 0 Å². The van der Waals surface area contributed by atoms with E-state index in [4.69, 9.17) is 10.8 Å². The first-order chi connectivity index (χ1) is 16.7.